The predicted octanol–water partition coefficient (Wildman–Crippen LogP) is 1.51. The lowest BCUT2D eigenvalue weighted by Gasteiger charge is -2.37. The SMILES string of the molecule is CCS(=O)(=O)N1CCC(C#N)(CC2CCCO2)CC1. The average Bonchev–Trinajstić information content (AvgIpc) is 2.92. The number of hydrogen-bond acceptors (Lipinski definition) is 4. The van der Waals surface area contributed by atoms with Gasteiger partial charge < -0.3 is 4.74 Å². The highest BCUT2D eigenvalue weighted by molar-refractivity contribution is 7.89. The first-order valence-corrected chi connectivity index (χ1v) is 8.63. The molecule has 2 saturated heterocycles. The van der Waals surface area contributed by atoms with Crippen molar-refractivity contribution in [3.8, 4) is 6.07 Å². The molecule has 1 unspecified atom stereocenters. The summed E-state index contributed by atoms with van der Waals surface area (Å²) in [6.07, 6.45) is 4.30. The van der Waals surface area contributed by atoms with E-state index in [0.717, 1.165) is 25.9 Å². The number of piperidine rings is 1. The van der Waals surface area contributed by atoms with E-state index in [0.29, 0.717) is 25.9 Å². The second kappa shape index (κ2) is 5.78. The monoisotopic (exact) mass is 286 g/mol. The molecule has 1 atom stereocenters. The Balaban J connectivity index is 1.97. The maximum atomic E-state index is 11.8. The van der Waals surface area contributed by atoms with Crippen LogP contribution in [0.5, 0.6) is 0 Å². The van der Waals surface area contributed by atoms with E-state index in [9.17, 15) is 13.7 Å². The van der Waals surface area contributed by atoms with Gasteiger partial charge in [0.1, 0.15) is 0 Å². The third-order valence-electron chi connectivity index (χ3n) is 4.32. The van der Waals surface area contributed by atoms with Crippen LogP contribution >= 0.6 is 0 Å². The minimum atomic E-state index is -3.11. The first-order valence-electron chi connectivity index (χ1n) is 7.02. The summed E-state index contributed by atoms with van der Waals surface area (Å²) < 4.78 is 30.8. The fourth-order valence-corrected chi connectivity index (χ4v) is 4.08. The van der Waals surface area contributed by atoms with Crippen molar-refractivity contribution in [3.63, 3.8) is 0 Å². The largest absolute Gasteiger partial charge is 0.378 e. The zero-order valence-corrected chi connectivity index (χ0v) is 12.3. The van der Waals surface area contributed by atoms with Crippen molar-refractivity contribution in [2.45, 2.75) is 45.1 Å². The molecule has 2 aliphatic rings. The fourth-order valence-electron chi connectivity index (χ4n) is 2.98. The Hall–Kier alpha value is -0.640. The van der Waals surface area contributed by atoms with Crippen molar-refractivity contribution < 1.29 is 13.2 Å². The molecule has 0 N–H and O–H groups in total. The first-order chi connectivity index (χ1) is 9.01. The lowest BCUT2D eigenvalue weighted by atomic mass is 9.75. The highest BCUT2D eigenvalue weighted by Gasteiger charge is 2.40. The molecule has 0 spiro atoms. The number of rotatable bonds is 4. The standard InChI is InChI=1S/C13H22N2O3S/c1-2-19(16,17)15-7-5-13(11-14,6-8-15)10-12-4-3-9-18-12/h12H,2-10H2,1H3. The van der Waals surface area contributed by atoms with Crippen LogP contribution in [0.25, 0.3) is 0 Å². The molecule has 2 rings (SSSR count). The van der Waals surface area contributed by atoms with Gasteiger partial charge in [0.2, 0.25) is 10.0 Å². The topological polar surface area (TPSA) is 70.4 Å². The average molecular weight is 286 g/mol. The van der Waals surface area contributed by atoms with E-state index >= 15 is 0 Å². The second-order valence-electron chi connectivity index (χ2n) is 5.53. The molecule has 2 heterocycles. The fraction of sp³-hybridized carbons (Fsp3) is 0.923. The van der Waals surface area contributed by atoms with Crippen LogP contribution in [0.2, 0.25) is 0 Å². The molecule has 19 heavy (non-hydrogen) atoms. The number of nitrogens with zero attached hydrogens (tertiary/aromatic N) is 2. The molecule has 0 aliphatic carbocycles. The molecule has 5 nitrogen and oxygen atoms in total. The molecular weight excluding hydrogens is 264 g/mol. The lowest BCUT2D eigenvalue weighted by Crippen LogP contribution is -2.44. The minimum Gasteiger partial charge on any atom is -0.378 e. The Kier molecular flexibility index (Phi) is 4.49. The summed E-state index contributed by atoms with van der Waals surface area (Å²) in [4.78, 5) is 0. The van der Waals surface area contributed by atoms with Crippen molar-refractivity contribution >= 4 is 10.0 Å². The van der Waals surface area contributed by atoms with Crippen LogP contribution in [0.1, 0.15) is 39.0 Å². The van der Waals surface area contributed by atoms with Gasteiger partial charge >= 0.3 is 0 Å². The van der Waals surface area contributed by atoms with Gasteiger partial charge in [-0.25, -0.2) is 12.7 Å². The number of sulfonamides is 1. The molecule has 0 bridgehead atoms. The van der Waals surface area contributed by atoms with Crippen molar-refractivity contribution in [2.75, 3.05) is 25.4 Å². The predicted molar refractivity (Wildman–Crippen MR) is 71.9 cm³/mol. The van der Waals surface area contributed by atoms with Crippen molar-refractivity contribution in [1.82, 2.24) is 4.31 Å². The maximum absolute atomic E-state index is 11.8. The highest BCUT2D eigenvalue weighted by Crippen LogP contribution is 2.38. The van der Waals surface area contributed by atoms with Gasteiger partial charge in [0.05, 0.1) is 23.3 Å². The molecule has 2 fully saturated rings. The van der Waals surface area contributed by atoms with Gasteiger partial charge in [-0.3, -0.25) is 0 Å². The van der Waals surface area contributed by atoms with Crippen LogP contribution in [0, 0.1) is 16.7 Å². The van der Waals surface area contributed by atoms with Gasteiger partial charge in [0.15, 0.2) is 0 Å². The van der Waals surface area contributed by atoms with Crippen LogP contribution in [0.15, 0.2) is 0 Å². The summed E-state index contributed by atoms with van der Waals surface area (Å²) in [6, 6.07) is 2.43. The molecule has 0 aromatic carbocycles. The molecule has 0 amide bonds. The summed E-state index contributed by atoms with van der Waals surface area (Å²) in [6.45, 7) is 3.39. The Labute approximate surface area is 115 Å². The van der Waals surface area contributed by atoms with E-state index in [4.69, 9.17) is 4.74 Å². The molecule has 0 radical (unpaired) electrons. The molecule has 0 aromatic heterocycles. The summed E-state index contributed by atoms with van der Waals surface area (Å²) in [5.41, 5.74) is -0.394. The van der Waals surface area contributed by atoms with Crippen LogP contribution in [0.4, 0.5) is 0 Å². The smallest absolute Gasteiger partial charge is 0.213 e. The molecular formula is C13H22N2O3S. The Morgan fingerprint density at radius 2 is 2.11 bits per heavy atom. The Morgan fingerprint density at radius 3 is 2.58 bits per heavy atom. The summed E-state index contributed by atoms with van der Waals surface area (Å²) in [5.74, 6) is 0.137. The number of hydrogen-bond donors (Lipinski definition) is 0. The number of ether oxygens (including phenoxy) is 1. The van der Waals surface area contributed by atoms with Crippen LogP contribution in [-0.4, -0.2) is 44.3 Å². The van der Waals surface area contributed by atoms with Crippen LogP contribution in [-0.2, 0) is 14.8 Å². The minimum absolute atomic E-state index is 0.137. The molecule has 6 heteroatoms. The van der Waals surface area contributed by atoms with Crippen LogP contribution < -0.4 is 0 Å². The second-order valence-corrected chi connectivity index (χ2v) is 7.79. The zero-order valence-electron chi connectivity index (χ0n) is 11.5. The Morgan fingerprint density at radius 1 is 1.42 bits per heavy atom. The van der Waals surface area contributed by atoms with Gasteiger partial charge in [-0.15, -0.1) is 0 Å². The quantitative estimate of drug-likeness (QED) is 0.785. The summed E-state index contributed by atoms with van der Waals surface area (Å²) in [5, 5.41) is 9.47. The summed E-state index contributed by atoms with van der Waals surface area (Å²) in [7, 11) is -3.11. The van der Waals surface area contributed by atoms with E-state index < -0.39 is 15.4 Å². The van der Waals surface area contributed by atoms with Crippen molar-refractivity contribution in [1.29, 1.82) is 5.26 Å². The number of nitriles is 1. The molecule has 108 valence electrons. The molecule has 0 saturated carbocycles. The van der Waals surface area contributed by atoms with E-state index in [1.807, 2.05) is 0 Å². The molecule has 2 aliphatic heterocycles. The van der Waals surface area contributed by atoms with Gasteiger partial charge in [-0.2, -0.15) is 5.26 Å². The Bertz CT molecular complexity index is 441. The van der Waals surface area contributed by atoms with Gasteiger partial charge in [-0.05, 0) is 39.0 Å². The molecule has 0 aromatic rings. The third-order valence-corrected chi connectivity index (χ3v) is 6.20. The summed E-state index contributed by atoms with van der Waals surface area (Å²) >= 11 is 0. The van der Waals surface area contributed by atoms with E-state index in [1.54, 1.807) is 6.92 Å². The first kappa shape index (κ1) is 14.8. The van der Waals surface area contributed by atoms with E-state index in [2.05, 4.69) is 6.07 Å². The van der Waals surface area contributed by atoms with Crippen molar-refractivity contribution in [2.24, 2.45) is 5.41 Å². The highest BCUT2D eigenvalue weighted by atomic mass is 32.2. The zero-order chi connectivity index (χ0) is 13.9. The van der Waals surface area contributed by atoms with Gasteiger partial charge in [-0.1, -0.05) is 0 Å². The normalized spacial score (nSPS) is 28.1. The van der Waals surface area contributed by atoms with Crippen LogP contribution in [0.3, 0.4) is 0 Å². The van der Waals surface area contributed by atoms with Gasteiger partial charge in [0, 0.05) is 19.7 Å². The lowest BCUT2D eigenvalue weighted by molar-refractivity contribution is 0.0607. The van der Waals surface area contributed by atoms with E-state index in [1.165, 1.54) is 4.31 Å². The van der Waals surface area contributed by atoms with Gasteiger partial charge in [0.25, 0.3) is 0 Å². The van der Waals surface area contributed by atoms with E-state index in [-0.39, 0.29) is 11.9 Å². The van der Waals surface area contributed by atoms with Crippen molar-refractivity contribution in [3.05, 3.63) is 0 Å². The third kappa shape index (κ3) is 3.28. The maximum Gasteiger partial charge on any atom is 0.213 e.